The molecule has 0 amide bonds. The summed E-state index contributed by atoms with van der Waals surface area (Å²) in [5.74, 6) is 0.517. The van der Waals surface area contributed by atoms with Crippen molar-refractivity contribution in [3.05, 3.63) is 94.9 Å². The first-order valence-electron chi connectivity index (χ1n) is 12.8. The van der Waals surface area contributed by atoms with Crippen molar-refractivity contribution in [2.24, 2.45) is 5.92 Å². The summed E-state index contributed by atoms with van der Waals surface area (Å²) in [6.07, 6.45) is 9.47. The van der Waals surface area contributed by atoms with E-state index in [1.165, 1.54) is 11.1 Å². The third-order valence-corrected chi connectivity index (χ3v) is 7.57. The number of aromatic nitrogens is 3. The average Bonchev–Trinajstić information content (AvgIpc) is 3.54. The van der Waals surface area contributed by atoms with E-state index in [0.717, 1.165) is 47.1 Å². The molecule has 36 heavy (non-hydrogen) atoms. The fraction of sp³-hybridized carbons (Fsp3) is 0.323. The van der Waals surface area contributed by atoms with Crippen LogP contribution >= 0.6 is 0 Å². The monoisotopic (exact) mass is 478 g/mol. The topological polar surface area (TPSA) is 61.9 Å². The van der Waals surface area contributed by atoms with Gasteiger partial charge in [0.15, 0.2) is 0 Å². The Balaban J connectivity index is 1.39. The largest absolute Gasteiger partial charge is 0.305 e. The molecule has 1 N–H and O–H groups in total. The molecule has 1 aliphatic rings. The van der Waals surface area contributed by atoms with Crippen LogP contribution in [0.25, 0.3) is 23.1 Å². The molecule has 1 saturated carbocycles. The molecule has 0 aliphatic heterocycles. The van der Waals surface area contributed by atoms with Gasteiger partial charge in [-0.2, -0.15) is 5.10 Å². The Bertz CT molecular complexity index is 1390. The van der Waals surface area contributed by atoms with Gasteiger partial charge >= 0.3 is 0 Å². The Morgan fingerprint density at radius 3 is 2.67 bits per heavy atom. The second-order valence-corrected chi connectivity index (χ2v) is 10.4. The van der Waals surface area contributed by atoms with Gasteiger partial charge in [-0.05, 0) is 67.4 Å². The highest BCUT2D eigenvalue weighted by Crippen LogP contribution is 2.62. The van der Waals surface area contributed by atoms with Crippen LogP contribution in [-0.2, 0) is 16.8 Å². The number of carbonyl (C=O) groups excluding carboxylic acids is 1. The predicted molar refractivity (Wildman–Crippen MR) is 147 cm³/mol. The first-order valence-corrected chi connectivity index (χ1v) is 12.8. The smallest absolute Gasteiger partial charge is 0.146 e. The fourth-order valence-corrected chi connectivity index (χ4v) is 5.33. The minimum Gasteiger partial charge on any atom is -0.305 e. The van der Waals surface area contributed by atoms with Crippen LogP contribution in [0.3, 0.4) is 0 Å². The zero-order valence-corrected chi connectivity index (χ0v) is 21.5. The first kappa shape index (κ1) is 24.1. The minimum absolute atomic E-state index is 0.0276. The van der Waals surface area contributed by atoms with Crippen molar-refractivity contribution in [3.8, 4) is 0 Å². The van der Waals surface area contributed by atoms with E-state index in [1.54, 1.807) is 6.20 Å². The quantitative estimate of drug-likeness (QED) is 0.310. The van der Waals surface area contributed by atoms with Crippen molar-refractivity contribution in [1.82, 2.24) is 20.1 Å². The van der Waals surface area contributed by atoms with Crippen LogP contribution in [0.15, 0.2) is 67.0 Å². The minimum atomic E-state index is -0.473. The normalized spacial score (nSPS) is 20.3. The number of ketones is 1. The third-order valence-electron chi connectivity index (χ3n) is 7.57. The number of Topliss-reactive ketones (excluding diaryl/α,β-unsaturated/α-hetero) is 1. The molecule has 184 valence electrons. The van der Waals surface area contributed by atoms with Crippen LogP contribution in [-0.4, -0.2) is 40.0 Å². The molecule has 0 spiro atoms. The average molecular weight is 479 g/mol. The highest BCUT2D eigenvalue weighted by molar-refractivity contribution is 5.97. The molecule has 2 aromatic heterocycles. The van der Waals surface area contributed by atoms with Crippen LogP contribution in [0.2, 0.25) is 0 Å². The van der Waals surface area contributed by atoms with E-state index in [9.17, 15) is 4.79 Å². The summed E-state index contributed by atoms with van der Waals surface area (Å²) in [7, 11) is 4.15. The van der Waals surface area contributed by atoms with E-state index in [-0.39, 0.29) is 11.8 Å². The zero-order chi connectivity index (χ0) is 25.3. The number of carbonyl (C=O) groups is 1. The van der Waals surface area contributed by atoms with E-state index in [1.807, 2.05) is 19.2 Å². The fourth-order valence-electron chi connectivity index (χ4n) is 5.33. The van der Waals surface area contributed by atoms with Gasteiger partial charge in [0.25, 0.3) is 0 Å². The number of hydrogen-bond donors (Lipinski definition) is 1. The summed E-state index contributed by atoms with van der Waals surface area (Å²) >= 11 is 0. The van der Waals surface area contributed by atoms with E-state index >= 15 is 0 Å². The van der Waals surface area contributed by atoms with E-state index in [0.29, 0.717) is 5.78 Å². The number of hydrogen-bond acceptors (Lipinski definition) is 4. The number of pyridine rings is 1. The number of nitrogens with zero attached hydrogens (tertiary/aromatic N) is 3. The molecule has 5 rings (SSSR count). The lowest BCUT2D eigenvalue weighted by Gasteiger charge is -2.20. The van der Waals surface area contributed by atoms with Gasteiger partial charge < -0.3 is 4.90 Å². The number of aromatic amines is 1. The summed E-state index contributed by atoms with van der Waals surface area (Å²) < 4.78 is 0. The molecule has 0 saturated heterocycles. The predicted octanol–water partition coefficient (Wildman–Crippen LogP) is 6.23. The highest BCUT2D eigenvalue weighted by Gasteiger charge is 2.61. The highest BCUT2D eigenvalue weighted by atomic mass is 16.1. The van der Waals surface area contributed by atoms with Crippen molar-refractivity contribution in [3.63, 3.8) is 0 Å². The van der Waals surface area contributed by atoms with Gasteiger partial charge in [0.1, 0.15) is 5.78 Å². The summed E-state index contributed by atoms with van der Waals surface area (Å²) in [5, 5.41) is 8.85. The van der Waals surface area contributed by atoms with Crippen molar-refractivity contribution in [2.45, 2.75) is 44.6 Å². The summed E-state index contributed by atoms with van der Waals surface area (Å²) in [5.41, 5.74) is 6.09. The molecule has 2 aromatic carbocycles. The molecular weight excluding hydrogens is 444 g/mol. The van der Waals surface area contributed by atoms with E-state index in [4.69, 9.17) is 0 Å². The Kier molecular flexibility index (Phi) is 6.59. The van der Waals surface area contributed by atoms with Crippen molar-refractivity contribution in [1.29, 1.82) is 0 Å². The van der Waals surface area contributed by atoms with Crippen LogP contribution in [0.1, 0.15) is 60.6 Å². The molecule has 0 bridgehead atoms. The standard InChI is InChI=1S/C31H34N4O/c1-5-21(2)30(36)31(25-7-6-16-32-19-25)18-27(31)24-13-14-26-28(33-34-29(26)17-24)15-12-22-8-10-23(11-9-22)20-35(3)4/h6-17,19,21,27H,5,18,20H2,1-4H3,(H,33,34)/b15-12+. The van der Waals surface area contributed by atoms with Crippen LogP contribution in [0.5, 0.6) is 0 Å². The molecule has 3 atom stereocenters. The lowest BCUT2D eigenvalue weighted by Crippen LogP contribution is -2.28. The number of benzene rings is 2. The summed E-state index contributed by atoms with van der Waals surface area (Å²) in [6, 6.07) is 19.1. The lowest BCUT2D eigenvalue weighted by molar-refractivity contribution is -0.125. The van der Waals surface area contributed by atoms with Gasteiger partial charge in [0.05, 0.1) is 16.6 Å². The lowest BCUT2D eigenvalue weighted by atomic mass is 9.81. The molecule has 1 fully saturated rings. The molecular formula is C31H34N4O. The molecule has 4 aromatic rings. The molecule has 2 heterocycles. The van der Waals surface area contributed by atoms with E-state index < -0.39 is 5.41 Å². The number of H-pyrrole nitrogens is 1. The summed E-state index contributed by atoms with van der Waals surface area (Å²) in [6.45, 7) is 5.06. The second kappa shape index (κ2) is 9.82. The Labute approximate surface area is 213 Å². The first-order chi connectivity index (χ1) is 17.4. The van der Waals surface area contributed by atoms with Crippen LogP contribution in [0.4, 0.5) is 0 Å². The number of rotatable bonds is 9. The maximum absolute atomic E-state index is 13.5. The van der Waals surface area contributed by atoms with Gasteiger partial charge in [0, 0.05) is 36.2 Å². The van der Waals surface area contributed by atoms with E-state index in [2.05, 4.69) is 102 Å². The van der Waals surface area contributed by atoms with Crippen molar-refractivity contribution >= 4 is 28.8 Å². The maximum atomic E-state index is 13.5. The van der Waals surface area contributed by atoms with Gasteiger partial charge in [-0.25, -0.2) is 0 Å². The molecule has 5 nitrogen and oxygen atoms in total. The van der Waals surface area contributed by atoms with Gasteiger partial charge in [-0.3, -0.25) is 14.9 Å². The Morgan fingerprint density at radius 2 is 1.97 bits per heavy atom. The van der Waals surface area contributed by atoms with Crippen molar-refractivity contribution < 1.29 is 4.79 Å². The SMILES string of the molecule is CCC(C)C(=O)C1(c2cccnc2)CC1c1ccc2c(/C=C/c3ccc(CN(C)C)cc3)n[nH]c2c1. The van der Waals surface area contributed by atoms with Gasteiger partial charge in [0.2, 0.25) is 0 Å². The van der Waals surface area contributed by atoms with Crippen LogP contribution in [0, 0.1) is 5.92 Å². The van der Waals surface area contributed by atoms with Crippen LogP contribution < -0.4 is 0 Å². The maximum Gasteiger partial charge on any atom is 0.146 e. The molecule has 0 radical (unpaired) electrons. The number of nitrogens with one attached hydrogen (secondary N) is 1. The molecule has 5 heteroatoms. The second-order valence-electron chi connectivity index (χ2n) is 10.4. The van der Waals surface area contributed by atoms with Crippen molar-refractivity contribution in [2.75, 3.05) is 14.1 Å². The number of fused-ring (bicyclic) bond motifs is 1. The third kappa shape index (κ3) is 4.51. The zero-order valence-electron chi connectivity index (χ0n) is 21.5. The molecule has 1 aliphatic carbocycles. The molecule has 3 unspecified atom stereocenters. The van der Waals surface area contributed by atoms with Gasteiger partial charge in [-0.15, -0.1) is 0 Å². The van der Waals surface area contributed by atoms with Gasteiger partial charge in [-0.1, -0.05) is 62.4 Å². The Morgan fingerprint density at radius 1 is 1.17 bits per heavy atom. The Hall–Kier alpha value is -3.57. The summed E-state index contributed by atoms with van der Waals surface area (Å²) in [4.78, 5) is 20.0.